The smallest absolute Gasteiger partial charge is 0.264 e. The molecule has 0 unspecified atom stereocenters. The van der Waals surface area contributed by atoms with Crippen molar-refractivity contribution in [1.82, 2.24) is 9.97 Å². The van der Waals surface area contributed by atoms with E-state index in [1.807, 2.05) is 43.4 Å². The molecule has 1 heterocycles. The summed E-state index contributed by atoms with van der Waals surface area (Å²) in [6.45, 7) is 8.02. The molecule has 0 saturated heterocycles. The number of halogens is 1. The molecule has 0 radical (unpaired) electrons. The van der Waals surface area contributed by atoms with Crippen molar-refractivity contribution >= 4 is 22.6 Å². The monoisotopic (exact) mass is 354 g/mol. The molecule has 18 heavy (non-hydrogen) atoms. The number of aromatic amines is 1. The van der Waals surface area contributed by atoms with Crippen LogP contribution in [0.4, 0.5) is 0 Å². The van der Waals surface area contributed by atoms with Gasteiger partial charge in [0.1, 0.15) is 5.82 Å². The maximum absolute atomic E-state index is 11.8. The molecule has 2 aromatic rings. The van der Waals surface area contributed by atoms with Crippen LogP contribution in [-0.2, 0) is 0 Å². The Morgan fingerprint density at radius 1 is 1.11 bits per heavy atom. The van der Waals surface area contributed by atoms with Crippen LogP contribution in [0.3, 0.4) is 0 Å². The fraction of sp³-hybridized carbons (Fsp3) is 0.286. The lowest BCUT2D eigenvalue weighted by atomic mass is 9.99. The summed E-state index contributed by atoms with van der Waals surface area (Å²) in [4.78, 5) is 19.2. The Kier molecular flexibility index (Phi) is 3.56. The molecule has 0 aliphatic heterocycles. The van der Waals surface area contributed by atoms with E-state index in [-0.39, 0.29) is 5.56 Å². The van der Waals surface area contributed by atoms with Gasteiger partial charge in [-0.3, -0.25) is 4.79 Å². The molecule has 0 fully saturated rings. The minimum absolute atomic E-state index is 0.0718. The molecule has 0 aliphatic rings. The number of nitrogens with one attached hydrogen (secondary N) is 1. The molecule has 0 amide bonds. The van der Waals surface area contributed by atoms with Gasteiger partial charge in [-0.1, -0.05) is 17.7 Å². The van der Waals surface area contributed by atoms with Crippen molar-refractivity contribution < 1.29 is 0 Å². The molecule has 0 spiro atoms. The summed E-state index contributed by atoms with van der Waals surface area (Å²) in [5, 5.41) is 0. The van der Waals surface area contributed by atoms with E-state index in [1.165, 1.54) is 5.56 Å². The van der Waals surface area contributed by atoms with Gasteiger partial charge in [-0.05, 0) is 61.4 Å². The summed E-state index contributed by atoms with van der Waals surface area (Å²) >= 11 is 2.02. The standard InChI is InChI=1S/C14H15IN2O/c1-7-5-8(2)11(9(3)6-7)13-16-10(4)12(15)14(18)17-13/h5-6H,1-4H3,(H,16,17,18). The van der Waals surface area contributed by atoms with Crippen LogP contribution in [0, 0.1) is 31.3 Å². The Morgan fingerprint density at radius 2 is 1.67 bits per heavy atom. The van der Waals surface area contributed by atoms with Gasteiger partial charge in [0.25, 0.3) is 5.56 Å². The molecule has 0 saturated carbocycles. The van der Waals surface area contributed by atoms with Crippen molar-refractivity contribution in [3.05, 3.63) is 48.4 Å². The lowest BCUT2D eigenvalue weighted by Crippen LogP contribution is -2.15. The van der Waals surface area contributed by atoms with Crippen molar-refractivity contribution in [3.8, 4) is 11.4 Å². The molecule has 1 aromatic heterocycles. The number of hydrogen-bond acceptors (Lipinski definition) is 2. The van der Waals surface area contributed by atoms with E-state index in [4.69, 9.17) is 0 Å². The molecular weight excluding hydrogens is 339 g/mol. The van der Waals surface area contributed by atoms with E-state index in [0.29, 0.717) is 9.39 Å². The second-order valence-corrected chi connectivity index (χ2v) is 5.67. The highest BCUT2D eigenvalue weighted by Gasteiger charge is 2.11. The second-order valence-electron chi connectivity index (χ2n) is 4.59. The van der Waals surface area contributed by atoms with Crippen molar-refractivity contribution in [1.29, 1.82) is 0 Å². The highest BCUT2D eigenvalue weighted by molar-refractivity contribution is 14.1. The Balaban J connectivity index is 2.74. The number of nitrogens with zero attached hydrogens (tertiary/aromatic N) is 1. The highest BCUT2D eigenvalue weighted by atomic mass is 127. The fourth-order valence-corrected chi connectivity index (χ4v) is 2.50. The molecule has 3 nitrogen and oxygen atoms in total. The quantitative estimate of drug-likeness (QED) is 0.799. The van der Waals surface area contributed by atoms with Crippen LogP contribution < -0.4 is 5.56 Å². The van der Waals surface area contributed by atoms with E-state index < -0.39 is 0 Å². The minimum atomic E-state index is -0.0718. The predicted molar refractivity (Wildman–Crippen MR) is 82.0 cm³/mol. The van der Waals surface area contributed by atoms with Crippen LogP contribution in [0.2, 0.25) is 0 Å². The largest absolute Gasteiger partial charge is 0.306 e. The number of hydrogen-bond donors (Lipinski definition) is 1. The third-order valence-electron chi connectivity index (χ3n) is 2.94. The topological polar surface area (TPSA) is 45.8 Å². The van der Waals surface area contributed by atoms with Crippen LogP contribution in [0.5, 0.6) is 0 Å². The summed E-state index contributed by atoms with van der Waals surface area (Å²) in [6, 6.07) is 4.21. The highest BCUT2D eigenvalue weighted by Crippen LogP contribution is 2.25. The van der Waals surface area contributed by atoms with E-state index in [2.05, 4.69) is 29.0 Å². The summed E-state index contributed by atoms with van der Waals surface area (Å²) in [7, 11) is 0. The average Bonchev–Trinajstić information content (AvgIpc) is 2.24. The summed E-state index contributed by atoms with van der Waals surface area (Å²) in [5.74, 6) is 0.660. The normalized spacial score (nSPS) is 10.7. The van der Waals surface area contributed by atoms with Gasteiger partial charge in [0.05, 0.1) is 9.26 Å². The van der Waals surface area contributed by atoms with Crippen LogP contribution >= 0.6 is 22.6 Å². The maximum Gasteiger partial charge on any atom is 0.264 e. The number of H-pyrrole nitrogens is 1. The average molecular weight is 354 g/mol. The van der Waals surface area contributed by atoms with Gasteiger partial charge in [0, 0.05) is 5.56 Å². The minimum Gasteiger partial charge on any atom is -0.306 e. The first-order chi connectivity index (χ1) is 8.40. The van der Waals surface area contributed by atoms with E-state index in [9.17, 15) is 4.79 Å². The Morgan fingerprint density at radius 3 is 2.17 bits per heavy atom. The van der Waals surface area contributed by atoms with Crippen molar-refractivity contribution in [2.24, 2.45) is 0 Å². The zero-order chi connectivity index (χ0) is 13.4. The van der Waals surface area contributed by atoms with Crippen LogP contribution in [0.25, 0.3) is 11.4 Å². The number of aromatic nitrogens is 2. The lowest BCUT2D eigenvalue weighted by Gasteiger charge is -2.11. The van der Waals surface area contributed by atoms with Gasteiger partial charge in [-0.25, -0.2) is 4.98 Å². The van der Waals surface area contributed by atoms with Gasteiger partial charge < -0.3 is 4.98 Å². The maximum atomic E-state index is 11.8. The van der Waals surface area contributed by atoms with E-state index in [1.54, 1.807) is 0 Å². The second kappa shape index (κ2) is 4.84. The van der Waals surface area contributed by atoms with Crippen molar-refractivity contribution in [2.75, 3.05) is 0 Å². The molecule has 0 aliphatic carbocycles. The lowest BCUT2D eigenvalue weighted by molar-refractivity contribution is 1.04. The zero-order valence-electron chi connectivity index (χ0n) is 10.9. The molecule has 0 atom stereocenters. The van der Waals surface area contributed by atoms with Gasteiger partial charge in [-0.2, -0.15) is 0 Å². The van der Waals surface area contributed by atoms with E-state index in [0.717, 1.165) is 22.4 Å². The van der Waals surface area contributed by atoms with Gasteiger partial charge in [-0.15, -0.1) is 0 Å². The summed E-state index contributed by atoms with van der Waals surface area (Å²) in [5.41, 5.74) is 5.22. The Hall–Kier alpha value is -1.17. The van der Waals surface area contributed by atoms with Gasteiger partial charge >= 0.3 is 0 Å². The first-order valence-electron chi connectivity index (χ1n) is 5.75. The summed E-state index contributed by atoms with van der Waals surface area (Å²) in [6.07, 6.45) is 0. The Bertz CT molecular complexity index is 651. The summed E-state index contributed by atoms with van der Waals surface area (Å²) < 4.78 is 0.652. The zero-order valence-corrected chi connectivity index (χ0v) is 13.0. The number of benzene rings is 1. The van der Waals surface area contributed by atoms with Crippen LogP contribution in [-0.4, -0.2) is 9.97 Å². The van der Waals surface area contributed by atoms with Crippen molar-refractivity contribution in [2.45, 2.75) is 27.7 Å². The molecule has 1 N–H and O–H groups in total. The molecule has 1 aromatic carbocycles. The fourth-order valence-electron chi connectivity index (χ4n) is 2.24. The number of aryl methyl sites for hydroxylation is 4. The predicted octanol–water partition coefficient (Wildman–Crippen LogP) is 3.28. The number of rotatable bonds is 1. The molecule has 94 valence electrons. The molecular formula is C14H15IN2O. The van der Waals surface area contributed by atoms with Crippen LogP contribution in [0.15, 0.2) is 16.9 Å². The van der Waals surface area contributed by atoms with E-state index >= 15 is 0 Å². The van der Waals surface area contributed by atoms with Crippen LogP contribution in [0.1, 0.15) is 22.4 Å². The van der Waals surface area contributed by atoms with Gasteiger partial charge in [0.15, 0.2) is 0 Å². The molecule has 2 rings (SSSR count). The third kappa shape index (κ3) is 2.34. The van der Waals surface area contributed by atoms with Crippen molar-refractivity contribution in [3.63, 3.8) is 0 Å². The Labute approximate surface area is 120 Å². The first-order valence-corrected chi connectivity index (χ1v) is 6.82. The molecule has 0 bridgehead atoms. The first kappa shape index (κ1) is 13.3. The SMILES string of the molecule is Cc1cc(C)c(-c2nc(C)c(I)c(=O)[nH]2)c(C)c1. The van der Waals surface area contributed by atoms with Gasteiger partial charge in [0.2, 0.25) is 0 Å². The third-order valence-corrected chi connectivity index (χ3v) is 4.21. The molecule has 4 heteroatoms.